The predicted molar refractivity (Wildman–Crippen MR) is 83.7 cm³/mol. The third-order valence-electron chi connectivity index (χ3n) is 4.42. The maximum absolute atomic E-state index is 13.4. The summed E-state index contributed by atoms with van der Waals surface area (Å²) in [6, 6.07) is 3.95. The highest BCUT2D eigenvalue weighted by molar-refractivity contribution is 5.79. The van der Waals surface area contributed by atoms with E-state index in [0.717, 1.165) is 32.1 Å². The van der Waals surface area contributed by atoms with Gasteiger partial charge in [0.2, 0.25) is 11.8 Å². The maximum Gasteiger partial charge on any atom is 0.225 e. The summed E-state index contributed by atoms with van der Waals surface area (Å²) in [6.45, 7) is 1.72. The Bertz CT molecular complexity index is 738. The van der Waals surface area contributed by atoms with Gasteiger partial charge >= 0.3 is 0 Å². The normalized spacial score (nSPS) is 16.8. The van der Waals surface area contributed by atoms with Crippen molar-refractivity contribution in [1.82, 2.24) is 15.5 Å². The molecule has 1 fully saturated rings. The van der Waals surface area contributed by atoms with Gasteiger partial charge in [-0.15, -0.1) is 0 Å². The van der Waals surface area contributed by atoms with Crippen molar-refractivity contribution in [1.29, 1.82) is 0 Å². The van der Waals surface area contributed by atoms with Crippen molar-refractivity contribution < 1.29 is 18.8 Å². The average Bonchev–Trinajstić information content (AvgIpc) is 2.99. The highest BCUT2D eigenvalue weighted by Crippen LogP contribution is 2.35. The SMILES string of the molecule is Cc1nc(C2(NC(=O)Cc3ccc(O)c(F)c3)CCCCC2)no1. The number of hydrogen-bond acceptors (Lipinski definition) is 5. The average molecular weight is 333 g/mol. The number of rotatable bonds is 4. The second-order valence-corrected chi connectivity index (χ2v) is 6.29. The molecule has 0 spiro atoms. The molecule has 1 aliphatic rings. The molecule has 2 N–H and O–H groups in total. The minimum absolute atomic E-state index is 0.0236. The number of carbonyl (C=O) groups is 1. The van der Waals surface area contributed by atoms with Gasteiger partial charge in [-0.3, -0.25) is 4.79 Å². The van der Waals surface area contributed by atoms with Crippen molar-refractivity contribution in [3.05, 3.63) is 41.3 Å². The zero-order valence-corrected chi connectivity index (χ0v) is 13.5. The van der Waals surface area contributed by atoms with Gasteiger partial charge in [0.05, 0.1) is 6.42 Å². The van der Waals surface area contributed by atoms with Gasteiger partial charge in [-0.05, 0) is 30.5 Å². The molecule has 0 radical (unpaired) electrons. The Morgan fingerprint density at radius 2 is 2.12 bits per heavy atom. The summed E-state index contributed by atoms with van der Waals surface area (Å²) in [7, 11) is 0. The minimum atomic E-state index is -0.735. The van der Waals surface area contributed by atoms with E-state index < -0.39 is 17.1 Å². The summed E-state index contributed by atoms with van der Waals surface area (Å²) >= 11 is 0. The van der Waals surface area contributed by atoms with Gasteiger partial charge in [0.25, 0.3) is 0 Å². The maximum atomic E-state index is 13.4. The Morgan fingerprint density at radius 3 is 2.75 bits per heavy atom. The van der Waals surface area contributed by atoms with Crippen molar-refractivity contribution in [2.45, 2.75) is 51.0 Å². The molecule has 2 aromatic rings. The summed E-state index contributed by atoms with van der Waals surface area (Å²) in [5.41, 5.74) is -0.124. The quantitative estimate of drug-likeness (QED) is 0.898. The van der Waals surface area contributed by atoms with E-state index in [4.69, 9.17) is 4.52 Å². The van der Waals surface area contributed by atoms with E-state index in [0.29, 0.717) is 17.3 Å². The highest BCUT2D eigenvalue weighted by atomic mass is 19.1. The van der Waals surface area contributed by atoms with Crippen LogP contribution in [0.5, 0.6) is 5.75 Å². The lowest BCUT2D eigenvalue weighted by molar-refractivity contribution is -0.123. The van der Waals surface area contributed by atoms with Crippen molar-refractivity contribution in [2.24, 2.45) is 0 Å². The molecule has 6 nitrogen and oxygen atoms in total. The molecule has 3 rings (SSSR count). The third-order valence-corrected chi connectivity index (χ3v) is 4.42. The molecule has 0 bridgehead atoms. The first-order valence-corrected chi connectivity index (χ1v) is 8.08. The van der Waals surface area contributed by atoms with E-state index in [1.54, 1.807) is 6.92 Å². The molecule has 0 atom stereocenters. The minimum Gasteiger partial charge on any atom is -0.505 e. The van der Waals surface area contributed by atoms with Crippen molar-refractivity contribution in [3.63, 3.8) is 0 Å². The molecule has 1 amide bonds. The lowest BCUT2D eigenvalue weighted by Gasteiger charge is -2.35. The number of benzene rings is 1. The number of nitrogens with zero attached hydrogens (tertiary/aromatic N) is 2. The first kappa shape index (κ1) is 16.4. The molecule has 0 unspecified atom stereocenters. The molecule has 1 aromatic heterocycles. The Morgan fingerprint density at radius 1 is 1.38 bits per heavy atom. The first-order valence-electron chi connectivity index (χ1n) is 8.08. The molecular formula is C17H20FN3O3. The number of carbonyl (C=O) groups excluding carboxylic acids is 1. The van der Waals surface area contributed by atoms with E-state index in [-0.39, 0.29) is 12.3 Å². The molecule has 1 aromatic carbocycles. The number of aromatic hydroxyl groups is 1. The topological polar surface area (TPSA) is 88.2 Å². The molecule has 1 saturated carbocycles. The number of phenols is 1. The Balaban J connectivity index is 1.77. The third kappa shape index (κ3) is 3.39. The van der Waals surface area contributed by atoms with Gasteiger partial charge in [-0.2, -0.15) is 4.98 Å². The summed E-state index contributed by atoms with van der Waals surface area (Å²) < 4.78 is 18.5. The van der Waals surface area contributed by atoms with Crippen LogP contribution < -0.4 is 5.32 Å². The molecule has 1 heterocycles. The van der Waals surface area contributed by atoms with Crippen LogP contribution in [0.3, 0.4) is 0 Å². The number of aryl methyl sites for hydroxylation is 1. The van der Waals surface area contributed by atoms with Crippen LogP contribution in [0.4, 0.5) is 4.39 Å². The molecule has 24 heavy (non-hydrogen) atoms. The molecule has 128 valence electrons. The molecule has 0 aliphatic heterocycles. The number of hydrogen-bond donors (Lipinski definition) is 2. The van der Waals surface area contributed by atoms with Crippen LogP contribution in [0, 0.1) is 12.7 Å². The lowest BCUT2D eigenvalue weighted by atomic mass is 9.80. The Labute approximate surface area is 139 Å². The summed E-state index contributed by atoms with van der Waals surface area (Å²) in [6.07, 6.45) is 4.58. The summed E-state index contributed by atoms with van der Waals surface area (Å²) in [4.78, 5) is 16.8. The number of halogens is 1. The van der Waals surface area contributed by atoms with E-state index in [9.17, 15) is 14.3 Å². The molecule has 7 heteroatoms. The molecule has 1 aliphatic carbocycles. The second kappa shape index (κ2) is 6.59. The van der Waals surface area contributed by atoms with Crippen LogP contribution in [0.2, 0.25) is 0 Å². The van der Waals surface area contributed by atoms with Crippen LogP contribution in [-0.2, 0) is 16.8 Å². The van der Waals surface area contributed by atoms with Gasteiger partial charge in [0.15, 0.2) is 17.4 Å². The van der Waals surface area contributed by atoms with Crippen molar-refractivity contribution >= 4 is 5.91 Å². The van der Waals surface area contributed by atoms with Gasteiger partial charge in [-0.25, -0.2) is 4.39 Å². The predicted octanol–water partition coefficient (Wildman–Crippen LogP) is 2.74. The van der Waals surface area contributed by atoms with E-state index >= 15 is 0 Å². The Hall–Kier alpha value is -2.44. The van der Waals surface area contributed by atoms with Crippen LogP contribution in [0.1, 0.15) is 49.4 Å². The van der Waals surface area contributed by atoms with Crippen LogP contribution in [-0.4, -0.2) is 21.2 Å². The van der Waals surface area contributed by atoms with E-state index in [1.807, 2.05) is 0 Å². The number of nitrogens with one attached hydrogen (secondary N) is 1. The Kier molecular flexibility index (Phi) is 4.51. The zero-order chi connectivity index (χ0) is 17.2. The number of aromatic nitrogens is 2. The van der Waals surface area contributed by atoms with Crippen LogP contribution >= 0.6 is 0 Å². The standard InChI is InChI=1S/C17H20FN3O3/c1-11-19-16(21-24-11)17(7-3-2-4-8-17)20-15(23)10-12-5-6-14(22)13(18)9-12/h5-6,9,22H,2-4,7-8,10H2,1H3,(H,20,23). The monoisotopic (exact) mass is 333 g/mol. The highest BCUT2D eigenvalue weighted by Gasteiger charge is 2.39. The van der Waals surface area contributed by atoms with Crippen molar-refractivity contribution in [3.8, 4) is 5.75 Å². The fourth-order valence-corrected chi connectivity index (χ4v) is 3.21. The largest absolute Gasteiger partial charge is 0.505 e. The summed E-state index contributed by atoms with van der Waals surface area (Å²) in [5.74, 6) is -0.425. The van der Waals surface area contributed by atoms with Gasteiger partial charge in [-0.1, -0.05) is 30.5 Å². The second-order valence-electron chi connectivity index (χ2n) is 6.29. The number of phenolic OH excluding ortho intramolecular Hbond substituents is 1. The zero-order valence-electron chi connectivity index (χ0n) is 13.5. The molecular weight excluding hydrogens is 313 g/mol. The van der Waals surface area contributed by atoms with Gasteiger partial charge in [0.1, 0.15) is 5.54 Å². The van der Waals surface area contributed by atoms with E-state index in [2.05, 4.69) is 15.5 Å². The first-order chi connectivity index (χ1) is 11.5. The fourth-order valence-electron chi connectivity index (χ4n) is 3.21. The van der Waals surface area contributed by atoms with Gasteiger partial charge in [0, 0.05) is 6.92 Å². The van der Waals surface area contributed by atoms with Gasteiger partial charge < -0.3 is 14.9 Å². The van der Waals surface area contributed by atoms with Crippen LogP contribution in [0.15, 0.2) is 22.7 Å². The van der Waals surface area contributed by atoms with Crippen molar-refractivity contribution in [2.75, 3.05) is 0 Å². The smallest absolute Gasteiger partial charge is 0.225 e. The molecule has 0 saturated heterocycles. The summed E-state index contributed by atoms with van der Waals surface area (Å²) in [5, 5.41) is 16.3. The van der Waals surface area contributed by atoms with Crippen LogP contribution in [0.25, 0.3) is 0 Å². The number of amides is 1. The van der Waals surface area contributed by atoms with E-state index in [1.165, 1.54) is 18.2 Å². The lowest BCUT2D eigenvalue weighted by Crippen LogP contribution is -2.48. The fraction of sp³-hybridized carbons (Fsp3) is 0.471.